The fourth-order valence-electron chi connectivity index (χ4n) is 2.96. The van der Waals surface area contributed by atoms with Crippen molar-refractivity contribution in [3.05, 3.63) is 18.5 Å². The van der Waals surface area contributed by atoms with Crippen molar-refractivity contribution in [2.45, 2.75) is 49.2 Å². The molecule has 1 aliphatic carbocycles. The second-order valence-electron chi connectivity index (χ2n) is 6.06. The number of allylic oxidation sites excluding steroid dienone is 1. The molecule has 1 aliphatic heterocycles. The van der Waals surface area contributed by atoms with E-state index in [2.05, 4.69) is 26.7 Å². The van der Waals surface area contributed by atoms with E-state index in [1.54, 1.807) is 0 Å². The summed E-state index contributed by atoms with van der Waals surface area (Å²) in [6.07, 6.45) is 4.56. The third-order valence-electron chi connectivity index (χ3n) is 4.41. The van der Waals surface area contributed by atoms with Crippen LogP contribution in [0.4, 0.5) is 8.78 Å². The summed E-state index contributed by atoms with van der Waals surface area (Å²) in [5, 5.41) is 12.8. The van der Waals surface area contributed by atoms with Crippen LogP contribution in [0.15, 0.2) is 17.8 Å². The molecule has 1 N–H and O–H groups in total. The van der Waals surface area contributed by atoms with Crippen molar-refractivity contribution in [2.24, 2.45) is 5.92 Å². The lowest BCUT2D eigenvalue weighted by Crippen LogP contribution is -2.28. The average molecular weight is 328 g/mol. The first-order chi connectivity index (χ1) is 10.6. The van der Waals surface area contributed by atoms with Crippen LogP contribution in [0.2, 0.25) is 0 Å². The quantitative estimate of drug-likeness (QED) is 0.617. The van der Waals surface area contributed by atoms with Crippen LogP contribution in [0.25, 0.3) is 0 Å². The van der Waals surface area contributed by atoms with Gasteiger partial charge in [0.2, 0.25) is 0 Å². The van der Waals surface area contributed by atoms with Gasteiger partial charge < -0.3 is 9.88 Å². The molecule has 1 aromatic heterocycles. The van der Waals surface area contributed by atoms with Crippen molar-refractivity contribution >= 4 is 11.8 Å². The van der Waals surface area contributed by atoms with Crippen molar-refractivity contribution in [3.63, 3.8) is 0 Å². The minimum Gasteiger partial charge on any atom is -0.317 e. The van der Waals surface area contributed by atoms with Crippen LogP contribution in [0.3, 0.4) is 0 Å². The molecule has 0 spiro atoms. The lowest BCUT2D eigenvalue weighted by Gasteiger charge is -2.22. The number of piperidine rings is 1. The number of halogens is 2. The first-order valence-electron chi connectivity index (χ1n) is 7.87. The van der Waals surface area contributed by atoms with Crippen molar-refractivity contribution in [1.29, 1.82) is 0 Å². The zero-order valence-corrected chi connectivity index (χ0v) is 13.4. The van der Waals surface area contributed by atoms with Crippen LogP contribution < -0.4 is 5.32 Å². The standard InChI is InChI=1S/C15H22F2N4S/c1-2-8-21-13(11-3-6-18-7-4-11)19-20-14(21)22-9-5-12-10-15(12,16)17/h2,11-12,18H,1,3-10H2/t12-/m1/s1. The van der Waals surface area contributed by atoms with Crippen LogP contribution >= 0.6 is 11.8 Å². The summed E-state index contributed by atoms with van der Waals surface area (Å²) in [5.41, 5.74) is 0. The van der Waals surface area contributed by atoms with Gasteiger partial charge in [-0.15, -0.1) is 16.8 Å². The number of nitrogens with one attached hydrogen (secondary N) is 1. The number of rotatable bonds is 7. The molecule has 3 rings (SSSR count). The average Bonchev–Trinajstić information content (AvgIpc) is 2.93. The van der Waals surface area contributed by atoms with Gasteiger partial charge in [-0.3, -0.25) is 0 Å². The maximum atomic E-state index is 12.9. The van der Waals surface area contributed by atoms with Gasteiger partial charge in [-0.1, -0.05) is 17.8 Å². The summed E-state index contributed by atoms with van der Waals surface area (Å²) in [6, 6.07) is 0. The van der Waals surface area contributed by atoms with Crippen LogP contribution in [0.5, 0.6) is 0 Å². The summed E-state index contributed by atoms with van der Waals surface area (Å²) >= 11 is 1.53. The van der Waals surface area contributed by atoms with Gasteiger partial charge in [-0.25, -0.2) is 8.78 Å². The van der Waals surface area contributed by atoms with E-state index in [1.165, 1.54) is 11.8 Å². The lowest BCUT2D eigenvalue weighted by molar-refractivity contribution is 0.0983. The molecule has 0 bridgehead atoms. The Morgan fingerprint density at radius 1 is 1.36 bits per heavy atom. The summed E-state index contributed by atoms with van der Waals surface area (Å²) < 4.78 is 27.9. The first kappa shape index (κ1) is 15.9. The maximum Gasteiger partial charge on any atom is 0.251 e. The van der Waals surface area contributed by atoms with E-state index in [9.17, 15) is 8.78 Å². The van der Waals surface area contributed by atoms with Gasteiger partial charge in [-0.2, -0.15) is 0 Å². The number of thioether (sulfide) groups is 1. The normalized spacial score (nSPS) is 24.4. The fourth-order valence-corrected chi connectivity index (χ4v) is 3.97. The Bertz CT molecular complexity index is 526. The van der Waals surface area contributed by atoms with E-state index in [-0.39, 0.29) is 6.42 Å². The van der Waals surface area contributed by atoms with Crippen molar-refractivity contribution < 1.29 is 8.78 Å². The highest BCUT2D eigenvalue weighted by Crippen LogP contribution is 2.51. The van der Waals surface area contributed by atoms with E-state index >= 15 is 0 Å². The molecule has 2 aliphatic rings. The molecule has 7 heteroatoms. The van der Waals surface area contributed by atoms with E-state index in [0.717, 1.165) is 36.9 Å². The number of nitrogens with zero attached hydrogens (tertiary/aromatic N) is 3. The smallest absolute Gasteiger partial charge is 0.251 e. The van der Waals surface area contributed by atoms with Gasteiger partial charge in [0.1, 0.15) is 5.82 Å². The molecule has 22 heavy (non-hydrogen) atoms. The molecule has 0 amide bonds. The van der Waals surface area contributed by atoms with Crippen molar-refractivity contribution in [3.8, 4) is 0 Å². The number of hydrogen-bond donors (Lipinski definition) is 1. The zero-order chi connectivity index (χ0) is 15.6. The Morgan fingerprint density at radius 3 is 2.73 bits per heavy atom. The molecule has 1 aromatic rings. The zero-order valence-electron chi connectivity index (χ0n) is 12.6. The minimum atomic E-state index is -2.42. The highest BCUT2D eigenvalue weighted by molar-refractivity contribution is 7.99. The van der Waals surface area contributed by atoms with Gasteiger partial charge in [0, 0.05) is 30.6 Å². The molecule has 1 atom stereocenters. The van der Waals surface area contributed by atoms with Crippen LogP contribution in [0, 0.1) is 5.92 Å². The lowest BCUT2D eigenvalue weighted by atomic mass is 9.97. The summed E-state index contributed by atoms with van der Waals surface area (Å²) in [5.74, 6) is -0.742. The third kappa shape index (κ3) is 3.51. The van der Waals surface area contributed by atoms with Gasteiger partial charge in [0.05, 0.1) is 0 Å². The summed E-state index contributed by atoms with van der Waals surface area (Å²) in [7, 11) is 0. The second-order valence-corrected chi connectivity index (χ2v) is 7.13. The molecule has 1 saturated heterocycles. The van der Waals surface area contributed by atoms with Crippen LogP contribution in [0.1, 0.15) is 37.4 Å². The summed E-state index contributed by atoms with van der Waals surface area (Å²) in [6.45, 7) is 6.49. The van der Waals surface area contributed by atoms with E-state index in [0.29, 0.717) is 24.6 Å². The van der Waals surface area contributed by atoms with Gasteiger partial charge in [0.25, 0.3) is 5.92 Å². The van der Waals surface area contributed by atoms with Gasteiger partial charge in [0.15, 0.2) is 5.16 Å². The van der Waals surface area contributed by atoms with Crippen molar-refractivity contribution in [2.75, 3.05) is 18.8 Å². The molecule has 1 saturated carbocycles. The number of hydrogen-bond acceptors (Lipinski definition) is 4. The minimum absolute atomic E-state index is 0.0488. The van der Waals surface area contributed by atoms with Crippen LogP contribution in [-0.4, -0.2) is 39.5 Å². The van der Waals surface area contributed by atoms with E-state index in [4.69, 9.17) is 0 Å². The van der Waals surface area contributed by atoms with Gasteiger partial charge >= 0.3 is 0 Å². The van der Waals surface area contributed by atoms with E-state index < -0.39 is 11.8 Å². The Balaban J connectivity index is 1.62. The molecule has 4 nitrogen and oxygen atoms in total. The molecule has 0 radical (unpaired) electrons. The molecule has 122 valence electrons. The predicted molar refractivity (Wildman–Crippen MR) is 83.5 cm³/mol. The monoisotopic (exact) mass is 328 g/mol. The molecule has 2 fully saturated rings. The molecular formula is C15H22F2N4S. The summed E-state index contributed by atoms with van der Waals surface area (Å²) in [4.78, 5) is 0. The Hall–Kier alpha value is -0.950. The van der Waals surface area contributed by atoms with E-state index in [1.807, 2.05) is 6.08 Å². The highest BCUT2D eigenvalue weighted by atomic mass is 32.2. The third-order valence-corrected chi connectivity index (χ3v) is 5.41. The predicted octanol–water partition coefficient (Wildman–Crippen LogP) is 3.07. The maximum absolute atomic E-state index is 12.9. The first-order valence-corrected chi connectivity index (χ1v) is 8.85. The largest absolute Gasteiger partial charge is 0.317 e. The fraction of sp³-hybridized carbons (Fsp3) is 0.733. The Labute approximate surface area is 133 Å². The highest BCUT2D eigenvalue weighted by Gasteiger charge is 2.55. The molecule has 0 aromatic carbocycles. The van der Waals surface area contributed by atoms with Gasteiger partial charge in [-0.05, 0) is 32.4 Å². The second kappa shape index (κ2) is 6.66. The molecule has 2 heterocycles. The molecule has 0 unspecified atom stereocenters. The molecular weight excluding hydrogens is 306 g/mol. The Kier molecular flexibility index (Phi) is 4.82. The number of alkyl halides is 2. The van der Waals surface area contributed by atoms with Crippen LogP contribution in [-0.2, 0) is 6.54 Å². The topological polar surface area (TPSA) is 42.7 Å². The SMILES string of the molecule is C=CCn1c(SCC[C@@H]2CC2(F)F)nnc1C1CCNCC1. The van der Waals surface area contributed by atoms with Crippen molar-refractivity contribution in [1.82, 2.24) is 20.1 Å². The number of aromatic nitrogens is 3. The Morgan fingerprint density at radius 2 is 2.09 bits per heavy atom.